The lowest BCUT2D eigenvalue weighted by molar-refractivity contribution is -0.137. The highest BCUT2D eigenvalue weighted by atomic mass is 35.5. The van der Waals surface area contributed by atoms with Gasteiger partial charge in [0.05, 0.1) is 46.8 Å². The molecular weight excluding hydrogens is 467 g/mol. The summed E-state index contributed by atoms with van der Waals surface area (Å²) in [5, 5.41) is 6.89. The van der Waals surface area contributed by atoms with E-state index in [0.717, 1.165) is 67.0 Å². The molecule has 5 rings (SSSR count). The topological polar surface area (TPSA) is 45.9 Å². The van der Waals surface area contributed by atoms with Crippen LogP contribution in [0.1, 0.15) is 41.8 Å². The van der Waals surface area contributed by atoms with Crippen LogP contribution in [0.2, 0.25) is 0 Å². The number of ether oxygens (including phenoxy) is 1. The molecule has 4 heterocycles. The monoisotopic (exact) mass is 491 g/mol. The number of benzene rings is 1. The quantitative estimate of drug-likeness (QED) is 0.597. The molecule has 0 spiro atoms. The SMILES string of the molecule is C=C1C(Cl)=C(N2CCc3c(ncn3Cc3ccc(C(F)(F)F)cc3)C2)C=NN1C1CCCCO1. The highest BCUT2D eigenvalue weighted by Gasteiger charge is 2.32. The molecule has 3 aliphatic heterocycles. The number of alkyl halides is 3. The van der Waals surface area contributed by atoms with Crippen LogP contribution in [0.3, 0.4) is 0 Å². The van der Waals surface area contributed by atoms with Gasteiger partial charge in [-0.15, -0.1) is 0 Å². The minimum Gasteiger partial charge on any atom is -0.363 e. The number of aromatic nitrogens is 2. The molecule has 1 fully saturated rings. The van der Waals surface area contributed by atoms with Crippen molar-refractivity contribution in [2.24, 2.45) is 5.10 Å². The van der Waals surface area contributed by atoms with Crippen LogP contribution in [0.4, 0.5) is 13.2 Å². The van der Waals surface area contributed by atoms with Crippen molar-refractivity contribution in [1.82, 2.24) is 19.5 Å². The van der Waals surface area contributed by atoms with Gasteiger partial charge in [0.1, 0.15) is 0 Å². The van der Waals surface area contributed by atoms with E-state index >= 15 is 0 Å². The number of hydrogen-bond donors (Lipinski definition) is 0. The van der Waals surface area contributed by atoms with E-state index in [1.54, 1.807) is 17.6 Å². The zero-order valence-electron chi connectivity index (χ0n) is 18.6. The van der Waals surface area contributed by atoms with Gasteiger partial charge in [0.2, 0.25) is 0 Å². The smallest absolute Gasteiger partial charge is 0.363 e. The number of imidazole rings is 1. The van der Waals surface area contributed by atoms with E-state index in [1.165, 1.54) is 12.1 Å². The van der Waals surface area contributed by atoms with Gasteiger partial charge in [-0.2, -0.15) is 18.3 Å². The molecule has 10 heteroatoms. The first-order valence-corrected chi connectivity index (χ1v) is 11.7. The Kier molecular flexibility index (Phi) is 6.16. The first-order valence-electron chi connectivity index (χ1n) is 11.3. The zero-order chi connectivity index (χ0) is 23.9. The van der Waals surface area contributed by atoms with E-state index in [1.807, 2.05) is 4.57 Å². The van der Waals surface area contributed by atoms with E-state index in [4.69, 9.17) is 16.3 Å². The number of halogens is 4. The van der Waals surface area contributed by atoms with Gasteiger partial charge in [-0.05, 0) is 37.0 Å². The average molecular weight is 492 g/mol. The van der Waals surface area contributed by atoms with Crippen molar-refractivity contribution in [2.45, 2.75) is 51.2 Å². The van der Waals surface area contributed by atoms with Crippen LogP contribution in [0, 0.1) is 0 Å². The molecule has 34 heavy (non-hydrogen) atoms. The molecule has 1 aromatic heterocycles. The van der Waals surface area contributed by atoms with Crippen molar-refractivity contribution >= 4 is 17.8 Å². The van der Waals surface area contributed by atoms with Crippen LogP contribution in [0.25, 0.3) is 0 Å². The van der Waals surface area contributed by atoms with Crippen LogP contribution >= 0.6 is 11.6 Å². The lowest BCUT2D eigenvalue weighted by Crippen LogP contribution is -2.39. The number of allylic oxidation sites excluding steroid dienone is 2. The van der Waals surface area contributed by atoms with E-state index in [-0.39, 0.29) is 6.23 Å². The summed E-state index contributed by atoms with van der Waals surface area (Å²) < 4.78 is 46.3. The maximum Gasteiger partial charge on any atom is 0.416 e. The Morgan fingerprint density at radius 1 is 1.18 bits per heavy atom. The normalized spacial score (nSPS) is 21.3. The summed E-state index contributed by atoms with van der Waals surface area (Å²) in [7, 11) is 0. The molecule has 0 amide bonds. The molecule has 180 valence electrons. The molecule has 1 unspecified atom stereocenters. The third-order valence-corrected chi connectivity index (χ3v) is 6.87. The third kappa shape index (κ3) is 4.46. The van der Waals surface area contributed by atoms with Crippen LogP contribution < -0.4 is 0 Å². The van der Waals surface area contributed by atoms with Crippen molar-refractivity contribution in [2.75, 3.05) is 13.2 Å². The van der Waals surface area contributed by atoms with Crippen molar-refractivity contribution in [3.63, 3.8) is 0 Å². The number of rotatable bonds is 4. The Bertz CT molecular complexity index is 1130. The van der Waals surface area contributed by atoms with Crippen LogP contribution in [-0.2, 0) is 30.4 Å². The van der Waals surface area contributed by atoms with E-state index in [9.17, 15) is 13.2 Å². The predicted molar refractivity (Wildman–Crippen MR) is 123 cm³/mol. The van der Waals surface area contributed by atoms with Gasteiger partial charge in [0.15, 0.2) is 6.23 Å². The minimum absolute atomic E-state index is 0.137. The third-order valence-electron chi connectivity index (χ3n) is 6.45. The van der Waals surface area contributed by atoms with Crippen molar-refractivity contribution in [3.8, 4) is 0 Å². The molecule has 1 aromatic carbocycles. The number of hydrazone groups is 1. The Morgan fingerprint density at radius 3 is 2.68 bits per heavy atom. The first kappa shape index (κ1) is 23.0. The molecule has 0 radical (unpaired) electrons. The summed E-state index contributed by atoms with van der Waals surface area (Å²) in [6, 6.07) is 5.26. The van der Waals surface area contributed by atoms with Gasteiger partial charge in [-0.1, -0.05) is 30.3 Å². The molecule has 0 saturated carbocycles. The average Bonchev–Trinajstić information content (AvgIpc) is 3.23. The van der Waals surface area contributed by atoms with E-state index < -0.39 is 11.7 Å². The highest BCUT2D eigenvalue weighted by Crippen LogP contribution is 2.33. The fraction of sp³-hybridized carbons (Fsp3) is 0.417. The molecule has 2 aromatic rings. The van der Waals surface area contributed by atoms with Crippen molar-refractivity contribution < 1.29 is 17.9 Å². The fourth-order valence-electron chi connectivity index (χ4n) is 4.58. The van der Waals surface area contributed by atoms with Gasteiger partial charge in [0.25, 0.3) is 0 Å². The second-order valence-corrected chi connectivity index (χ2v) is 9.07. The molecule has 1 saturated heterocycles. The Morgan fingerprint density at radius 2 is 1.97 bits per heavy atom. The first-order chi connectivity index (χ1) is 16.3. The maximum absolute atomic E-state index is 12.8. The second kappa shape index (κ2) is 9.11. The van der Waals surface area contributed by atoms with E-state index in [0.29, 0.717) is 30.4 Å². The summed E-state index contributed by atoms with van der Waals surface area (Å²) in [6.07, 6.45) is 2.80. The van der Waals surface area contributed by atoms with Crippen LogP contribution in [-0.4, -0.2) is 45.1 Å². The number of hydrogen-bond acceptors (Lipinski definition) is 5. The van der Waals surface area contributed by atoms with Gasteiger partial charge < -0.3 is 14.2 Å². The van der Waals surface area contributed by atoms with E-state index in [2.05, 4.69) is 21.6 Å². The molecule has 0 aliphatic carbocycles. The summed E-state index contributed by atoms with van der Waals surface area (Å²) >= 11 is 6.71. The molecule has 1 atom stereocenters. The minimum atomic E-state index is -4.33. The summed E-state index contributed by atoms with van der Waals surface area (Å²) in [6.45, 7) is 6.61. The Balaban J connectivity index is 1.28. The lowest BCUT2D eigenvalue weighted by atomic mass is 10.1. The summed E-state index contributed by atoms with van der Waals surface area (Å²) in [4.78, 5) is 6.70. The standard InChI is InChI=1S/C24H25ClF3N5O/c1-16-23(25)21(12-30-33(16)22-4-2-3-11-34-22)31-10-9-20-19(14-31)29-15-32(20)13-17-5-7-18(8-6-17)24(26,27)28/h5-8,12,15,22H,1-4,9-11,13-14H2. The Hall–Kier alpha value is -2.78. The molecular formula is C24H25ClF3N5O. The molecule has 6 nitrogen and oxygen atoms in total. The summed E-state index contributed by atoms with van der Waals surface area (Å²) in [5.41, 5.74) is 3.59. The van der Waals surface area contributed by atoms with Gasteiger partial charge in [0, 0.05) is 31.8 Å². The van der Waals surface area contributed by atoms with Gasteiger partial charge in [-0.25, -0.2) is 9.99 Å². The number of nitrogens with zero attached hydrogens (tertiary/aromatic N) is 5. The highest BCUT2D eigenvalue weighted by molar-refractivity contribution is 6.33. The predicted octanol–water partition coefficient (Wildman–Crippen LogP) is 5.10. The molecule has 0 N–H and O–H groups in total. The molecule has 3 aliphatic rings. The second-order valence-electron chi connectivity index (χ2n) is 8.69. The Labute approximate surface area is 201 Å². The van der Waals surface area contributed by atoms with Crippen molar-refractivity contribution in [1.29, 1.82) is 0 Å². The van der Waals surface area contributed by atoms with Gasteiger partial charge >= 0.3 is 6.18 Å². The number of fused-ring (bicyclic) bond motifs is 1. The maximum atomic E-state index is 12.8. The summed E-state index contributed by atoms with van der Waals surface area (Å²) in [5.74, 6) is 0. The van der Waals surface area contributed by atoms with Crippen molar-refractivity contribution in [3.05, 3.63) is 76.1 Å². The largest absolute Gasteiger partial charge is 0.416 e. The van der Waals surface area contributed by atoms with Crippen LogP contribution in [0.15, 0.2) is 58.7 Å². The lowest BCUT2D eigenvalue weighted by Gasteiger charge is -2.37. The molecule has 0 bridgehead atoms. The van der Waals surface area contributed by atoms with Crippen LogP contribution in [0.5, 0.6) is 0 Å². The zero-order valence-corrected chi connectivity index (χ0v) is 19.3. The fourth-order valence-corrected chi connectivity index (χ4v) is 4.84. The van der Waals surface area contributed by atoms with Gasteiger partial charge in [-0.3, -0.25) is 0 Å².